The number of hydrogen-bond acceptors (Lipinski definition) is 4. The molecule has 0 fully saturated rings. The van der Waals surface area contributed by atoms with E-state index in [4.69, 9.17) is 14.3 Å². The third kappa shape index (κ3) is 4.43. The molecule has 0 aliphatic rings. The van der Waals surface area contributed by atoms with Crippen LogP contribution in [0.1, 0.15) is 19.1 Å². The van der Waals surface area contributed by atoms with E-state index in [1.807, 2.05) is 43.3 Å². The van der Waals surface area contributed by atoms with Crippen LogP contribution in [-0.4, -0.2) is 17.8 Å². The molecule has 19 heavy (non-hydrogen) atoms. The molecule has 1 aromatic heterocycles. The summed E-state index contributed by atoms with van der Waals surface area (Å²) in [6.45, 7) is 2.84. The van der Waals surface area contributed by atoms with Crippen molar-refractivity contribution >= 4 is 0 Å². The van der Waals surface area contributed by atoms with E-state index in [1.54, 1.807) is 6.07 Å². The van der Waals surface area contributed by atoms with Gasteiger partial charge in [0.25, 0.3) is 5.95 Å². The Hall–Kier alpha value is -1.78. The number of ether oxygens (including phenoxy) is 1. The van der Waals surface area contributed by atoms with E-state index in [0.29, 0.717) is 12.5 Å². The maximum atomic E-state index is 8.82. The molecule has 0 radical (unpaired) electrons. The zero-order valence-electron chi connectivity index (χ0n) is 11.0. The molecular weight excluding hydrogens is 242 g/mol. The Morgan fingerprint density at radius 2 is 2.00 bits per heavy atom. The standard InChI is InChI=1S/C15H19NO3/c1-12(9-10-17)16-11-14-7-8-15(19-14)18-13-5-3-2-4-6-13/h2-8,12,16-17H,9-11H2,1H3. The molecule has 4 heteroatoms. The Kier molecular flexibility index (Phi) is 5.01. The van der Waals surface area contributed by atoms with Crippen LogP contribution in [0.3, 0.4) is 0 Å². The summed E-state index contributed by atoms with van der Waals surface area (Å²) in [7, 11) is 0. The van der Waals surface area contributed by atoms with Gasteiger partial charge >= 0.3 is 0 Å². The molecule has 0 aliphatic heterocycles. The van der Waals surface area contributed by atoms with Crippen LogP contribution in [-0.2, 0) is 6.54 Å². The number of furan rings is 1. The number of benzene rings is 1. The van der Waals surface area contributed by atoms with E-state index >= 15 is 0 Å². The van der Waals surface area contributed by atoms with Crippen molar-refractivity contribution in [2.45, 2.75) is 25.9 Å². The first-order valence-corrected chi connectivity index (χ1v) is 6.44. The first-order chi connectivity index (χ1) is 9.28. The third-order valence-electron chi connectivity index (χ3n) is 2.79. The van der Waals surface area contributed by atoms with Crippen molar-refractivity contribution in [1.82, 2.24) is 5.32 Å². The largest absolute Gasteiger partial charge is 0.429 e. The van der Waals surface area contributed by atoms with E-state index < -0.39 is 0 Å². The number of nitrogens with one attached hydrogen (secondary N) is 1. The summed E-state index contributed by atoms with van der Waals surface area (Å²) in [6.07, 6.45) is 0.730. The van der Waals surface area contributed by atoms with Crippen LogP contribution in [0, 0.1) is 0 Å². The maximum absolute atomic E-state index is 8.82. The Labute approximate surface area is 113 Å². The minimum Gasteiger partial charge on any atom is -0.429 e. The average molecular weight is 261 g/mol. The molecule has 0 saturated carbocycles. The highest BCUT2D eigenvalue weighted by atomic mass is 16.6. The summed E-state index contributed by atoms with van der Waals surface area (Å²) >= 11 is 0. The number of para-hydroxylation sites is 1. The van der Waals surface area contributed by atoms with E-state index in [9.17, 15) is 0 Å². The highest BCUT2D eigenvalue weighted by Crippen LogP contribution is 2.23. The van der Waals surface area contributed by atoms with Gasteiger partial charge in [-0.1, -0.05) is 18.2 Å². The first kappa shape index (κ1) is 13.6. The van der Waals surface area contributed by atoms with Gasteiger partial charge in [0.05, 0.1) is 6.54 Å². The first-order valence-electron chi connectivity index (χ1n) is 6.44. The van der Waals surface area contributed by atoms with E-state index in [2.05, 4.69) is 5.32 Å². The highest BCUT2D eigenvalue weighted by Gasteiger charge is 2.06. The van der Waals surface area contributed by atoms with Gasteiger partial charge in [-0.2, -0.15) is 0 Å². The Balaban J connectivity index is 1.85. The zero-order chi connectivity index (χ0) is 13.5. The Bertz CT molecular complexity index is 481. The summed E-state index contributed by atoms with van der Waals surface area (Å²) < 4.78 is 11.1. The van der Waals surface area contributed by atoms with Gasteiger partial charge in [-0.3, -0.25) is 0 Å². The number of aliphatic hydroxyl groups excluding tert-OH is 1. The summed E-state index contributed by atoms with van der Waals surface area (Å²) in [5, 5.41) is 12.1. The molecule has 0 bridgehead atoms. The van der Waals surface area contributed by atoms with Gasteiger partial charge in [0, 0.05) is 18.7 Å². The third-order valence-corrected chi connectivity index (χ3v) is 2.79. The van der Waals surface area contributed by atoms with Gasteiger partial charge in [-0.15, -0.1) is 0 Å². The normalized spacial score (nSPS) is 12.3. The van der Waals surface area contributed by atoms with Crippen molar-refractivity contribution in [2.24, 2.45) is 0 Å². The van der Waals surface area contributed by atoms with Crippen molar-refractivity contribution in [3.8, 4) is 11.7 Å². The van der Waals surface area contributed by atoms with Gasteiger partial charge in [0.1, 0.15) is 11.5 Å². The SMILES string of the molecule is CC(CCO)NCc1ccc(Oc2ccccc2)o1. The van der Waals surface area contributed by atoms with Crippen LogP contribution in [0.2, 0.25) is 0 Å². The number of rotatable bonds is 7. The second-order valence-electron chi connectivity index (χ2n) is 4.43. The predicted octanol–water partition coefficient (Wildman–Crippen LogP) is 2.93. The molecule has 1 aromatic carbocycles. The molecule has 0 aliphatic carbocycles. The van der Waals surface area contributed by atoms with Crippen molar-refractivity contribution < 1.29 is 14.3 Å². The Morgan fingerprint density at radius 3 is 2.74 bits per heavy atom. The van der Waals surface area contributed by atoms with Crippen LogP contribution in [0.4, 0.5) is 0 Å². The number of hydrogen-bond donors (Lipinski definition) is 2. The molecule has 1 heterocycles. The fourth-order valence-electron chi connectivity index (χ4n) is 1.68. The van der Waals surface area contributed by atoms with Crippen LogP contribution in [0.5, 0.6) is 11.7 Å². The fourth-order valence-corrected chi connectivity index (χ4v) is 1.68. The topological polar surface area (TPSA) is 54.6 Å². The van der Waals surface area contributed by atoms with Gasteiger partial charge in [-0.05, 0) is 31.5 Å². The predicted molar refractivity (Wildman–Crippen MR) is 73.2 cm³/mol. The molecule has 2 rings (SSSR count). The van der Waals surface area contributed by atoms with Crippen LogP contribution < -0.4 is 10.1 Å². The van der Waals surface area contributed by atoms with Crippen molar-refractivity contribution in [2.75, 3.05) is 6.61 Å². The van der Waals surface area contributed by atoms with Crippen molar-refractivity contribution in [3.63, 3.8) is 0 Å². The van der Waals surface area contributed by atoms with Crippen LogP contribution in [0.25, 0.3) is 0 Å². The zero-order valence-corrected chi connectivity index (χ0v) is 11.0. The molecule has 0 saturated heterocycles. The van der Waals surface area contributed by atoms with Crippen molar-refractivity contribution in [3.05, 3.63) is 48.2 Å². The lowest BCUT2D eigenvalue weighted by Crippen LogP contribution is -2.26. The quantitative estimate of drug-likeness (QED) is 0.804. The second-order valence-corrected chi connectivity index (χ2v) is 4.43. The molecule has 4 nitrogen and oxygen atoms in total. The highest BCUT2D eigenvalue weighted by molar-refractivity contribution is 5.26. The summed E-state index contributed by atoms with van der Waals surface area (Å²) in [6, 6.07) is 13.5. The lowest BCUT2D eigenvalue weighted by atomic mass is 10.2. The fraction of sp³-hybridized carbons (Fsp3) is 0.333. The molecule has 1 atom stereocenters. The lowest BCUT2D eigenvalue weighted by Gasteiger charge is -2.10. The summed E-state index contributed by atoms with van der Waals surface area (Å²) in [5.74, 6) is 2.05. The van der Waals surface area contributed by atoms with Gasteiger partial charge in [-0.25, -0.2) is 0 Å². The molecule has 0 amide bonds. The van der Waals surface area contributed by atoms with Gasteiger partial charge in [0.2, 0.25) is 0 Å². The Morgan fingerprint density at radius 1 is 1.21 bits per heavy atom. The van der Waals surface area contributed by atoms with Gasteiger partial charge in [0.15, 0.2) is 0 Å². The molecule has 2 N–H and O–H groups in total. The van der Waals surface area contributed by atoms with E-state index in [1.165, 1.54) is 0 Å². The molecular formula is C15H19NO3. The average Bonchev–Trinajstić information content (AvgIpc) is 2.86. The van der Waals surface area contributed by atoms with Crippen LogP contribution in [0.15, 0.2) is 46.9 Å². The van der Waals surface area contributed by atoms with E-state index in [0.717, 1.165) is 17.9 Å². The monoisotopic (exact) mass is 261 g/mol. The van der Waals surface area contributed by atoms with Crippen molar-refractivity contribution in [1.29, 1.82) is 0 Å². The molecule has 2 aromatic rings. The minimum atomic E-state index is 0.189. The smallest absolute Gasteiger partial charge is 0.290 e. The lowest BCUT2D eigenvalue weighted by molar-refractivity contribution is 0.265. The molecule has 102 valence electrons. The molecule has 0 spiro atoms. The number of aliphatic hydroxyl groups is 1. The summed E-state index contributed by atoms with van der Waals surface area (Å²) in [5.41, 5.74) is 0. The maximum Gasteiger partial charge on any atom is 0.290 e. The minimum absolute atomic E-state index is 0.189. The van der Waals surface area contributed by atoms with Crippen LogP contribution >= 0.6 is 0 Å². The molecule has 1 unspecified atom stereocenters. The van der Waals surface area contributed by atoms with Gasteiger partial charge < -0.3 is 19.6 Å². The van der Waals surface area contributed by atoms with E-state index in [-0.39, 0.29) is 12.6 Å². The summed E-state index contributed by atoms with van der Waals surface area (Å²) in [4.78, 5) is 0. The second kappa shape index (κ2) is 6.97.